The fraction of sp³-hybridized carbons (Fsp3) is 0.281. The van der Waals surface area contributed by atoms with Gasteiger partial charge in [0.2, 0.25) is 0 Å². The minimum absolute atomic E-state index is 0.0146. The zero-order valence-electron chi connectivity index (χ0n) is 21.9. The summed E-state index contributed by atoms with van der Waals surface area (Å²) in [6, 6.07) is 27.5. The van der Waals surface area contributed by atoms with E-state index in [9.17, 15) is 4.79 Å². The van der Waals surface area contributed by atoms with Crippen LogP contribution in [0.2, 0.25) is 0 Å². The molecule has 1 aliphatic rings. The van der Waals surface area contributed by atoms with E-state index < -0.39 is 0 Å². The Labute approximate surface area is 218 Å². The van der Waals surface area contributed by atoms with E-state index in [1.807, 2.05) is 98.5 Å². The third kappa shape index (κ3) is 5.56. The molecule has 1 heterocycles. The Balaban J connectivity index is 1.41. The fourth-order valence-corrected chi connectivity index (χ4v) is 4.85. The minimum atomic E-state index is -0.263. The molecule has 0 radical (unpaired) electrons. The molecule has 1 aliphatic heterocycles. The zero-order chi connectivity index (χ0) is 26.0. The fourth-order valence-electron chi connectivity index (χ4n) is 4.85. The second-order valence-electron chi connectivity index (χ2n) is 10.4. The van der Waals surface area contributed by atoms with Crippen LogP contribution in [0.1, 0.15) is 42.3 Å². The summed E-state index contributed by atoms with van der Waals surface area (Å²) in [5.41, 5.74) is 2.77. The number of hydrogen-bond donors (Lipinski definition) is 0. The maximum atomic E-state index is 14.0. The lowest BCUT2D eigenvalue weighted by Crippen LogP contribution is -2.47. The number of nitrogens with zero attached hydrogens (tertiary/aromatic N) is 1. The molecule has 5 rings (SSSR count). The number of benzene rings is 4. The molecule has 0 bridgehead atoms. The maximum absolute atomic E-state index is 14.0. The van der Waals surface area contributed by atoms with Gasteiger partial charge >= 0.3 is 0 Å². The van der Waals surface area contributed by atoms with Gasteiger partial charge in [0.05, 0.1) is 13.2 Å². The molecule has 5 nitrogen and oxygen atoms in total. The number of methoxy groups -OCH3 is 1. The molecular weight excluding hydrogens is 462 g/mol. The van der Waals surface area contributed by atoms with Crippen LogP contribution in [0.4, 0.5) is 0 Å². The molecule has 0 saturated heterocycles. The van der Waals surface area contributed by atoms with Crippen molar-refractivity contribution < 1.29 is 19.0 Å². The number of rotatable bonds is 6. The van der Waals surface area contributed by atoms with Crippen LogP contribution >= 0.6 is 0 Å². The molecule has 0 aliphatic carbocycles. The van der Waals surface area contributed by atoms with E-state index in [4.69, 9.17) is 14.2 Å². The molecular formula is C32H33NO4. The summed E-state index contributed by atoms with van der Waals surface area (Å²) in [4.78, 5) is 15.9. The van der Waals surface area contributed by atoms with Gasteiger partial charge in [0.25, 0.3) is 5.91 Å². The highest BCUT2D eigenvalue weighted by molar-refractivity contribution is 6.07. The van der Waals surface area contributed by atoms with E-state index in [2.05, 4.69) is 12.1 Å². The number of fused-ring (bicyclic) bond motifs is 2. The lowest BCUT2D eigenvalue weighted by molar-refractivity contribution is 0.0568. The molecule has 0 saturated carbocycles. The van der Waals surface area contributed by atoms with E-state index in [1.165, 1.54) is 5.56 Å². The molecule has 1 unspecified atom stereocenters. The Morgan fingerprint density at radius 2 is 1.57 bits per heavy atom. The van der Waals surface area contributed by atoms with Gasteiger partial charge in [0.15, 0.2) is 0 Å². The summed E-state index contributed by atoms with van der Waals surface area (Å²) in [6.07, 6.45) is 0.689. The van der Waals surface area contributed by atoms with E-state index in [1.54, 1.807) is 7.11 Å². The van der Waals surface area contributed by atoms with Crippen LogP contribution in [0.15, 0.2) is 84.9 Å². The molecule has 1 atom stereocenters. The lowest BCUT2D eigenvalue weighted by Gasteiger charge is -2.37. The average Bonchev–Trinajstić information content (AvgIpc) is 2.90. The summed E-state index contributed by atoms with van der Waals surface area (Å²) in [5.74, 6) is 2.38. The highest BCUT2D eigenvalue weighted by Gasteiger charge is 2.32. The van der Waals surface area contributed by atoms with Gasteiger partial charge in [-0.15, -0.1) is 0 Å². The summed E-state index contributed by atoms with van der Waals surface area (Å²) in [6.45, 7) is 6.97. The van der Waals surface area contributed by atoms with Crippen LogP contribution in [-0.2, 0) is 13.0 Å². The van der Waals surface area contributed by atoms with Crippen LogP contribution in [0.5, 0.6) is 17.2 Å². The first-order valence-corrected chi connectivity index (χ1v) is 12.7. The van der Waals surface area contributed by atoms with Gasteiger partial charge in [-0.1, -0.05) is 42.5 Å². The Kier molecular flexibility index (Phi) is 6.79. The number of carbonyl (C=O) groups is 1. The summed E-state index contributed by atoms with van der Waals surface area (Å²) in [7, 11) is 1.68. The van der Waals surface area contributed by atoms with Gasteiger partial charge < -0.3 is 19.1 Å². The maximum Gasteiger partial charge on any atom is 0.255 e. The largest absolute Gasteiger partial charge is 0.497 e. The second kappa shape index (κ2) is 10.2. The molecule has 0 fully saturated rings. The predicted octanol–water partition coefficient (Wildman–Crippen LogP) is 6.67. The third-order valence-electron chi connectivity index (χ3n) is 6.62. The smallest absolute Gasteiger partial charge is 0.255 e. The molecule has 0 spiro atoms. The molecule has 4 aromatic carbocycles. The van der Waals surface area contributed by atoms with Crippen molar-refractivity contribution in [3.63, 3.8) is 0 Å². The highest BCUT2D eigenvalue weighted by Crippen LogP contribution is 2.30. The number of carbonyl (C=O) groups excluding carboxylic acids is 1. The molecule has 4 aromatic rings. The van der Waals surface area contributed by atoms with E-state index >= 15 is 0 Å². The Morgan fingerprint density at radius 1 is 0.865 bits per heavy atom. The van der Waals surface area contributed by atoms with Crippen LogP contribution in [0.3, 0.4) is 0 Å². The molecule has 0 aromatic heterocycles. The number of hydrogen-bond acceptors (Lipinski definition) is 4. The third-order valence-corrected chi connectivity index (χ3v) is 6.62. The van der Waals surface area contributed by atoms with Crippen LogP contribution in [0, 0.1) is 0 Å². The van der Waals surface area contributed by atoms with Gasteiger partial charge in [-0.25, -0.2) is 0 Å². The molecule has 37 heavy (non-hydrogen) atoms. The van der Waals surface area contributed by atoms with Crippen LogP contribution < -0.4 is 14.2 Å². The van der Waals surface area contributed by atoms with Crippen molar-refractivity contribution in [2.75, 3.05) is 13.7 Å². The van der Waals surface area contributed by atoms with Crippen molar-refractivity contribution in [1.82, 2.24) is 4.90 Å². The van der Waals surface area contributed by atoms with Gasteiger partial charge in [-0.3, -0.25) is 4.79 Å². The van der Waals surface area contributed by atoms with Crippen molar-refractivity contribution in [2.45, 2.75) is 45.4 Å². The highest BCUT2D eigenvalue weighted by atomic mass is 16.5. The normalized spacial score (nSPS) is 15.2. The van der Waals surface area contributed by atoms with Crippen molar-refractivity contribution in [1.29, 1.82) is 0 Å². The van der Waals surface area contributed by atoms with Crippen molar-refractivity contribution in [2.24, 2.45) is 0 Å². The van der Waals surface area contributed by atoms with Crippen LogP contribution in [0.25, 0.3) is 10.8 Å². The van der Waals surface area contributed by atoms with E-state index in [-0.39, 0.29) is 17.6 Å². The summed E-state index contributed by atoms with van der Waals surface area (Å²) < 4.78 is 17.6. The number of ether oxygens (including phenoxy) is 3. The van der Waals surface area contributed by atoms with Crippen molar-refractivity contribution >= 4 is 16.7 Å². The number of amides is 1. The summed E-state index contributed by atoms with van der Waals surface area (Å²) >= 11 is 0. The topological polar surface area (TPSA) is 48.0 Å². The first kappa shape index (κ1) is 24.7. The standard InChI is InChI=1S/C32H33NO4/c1-32(2,3)37-27-16-14-26(15-17-27)36-21-25-18-24-19-28(35-4)13-12-23(24)20-33(25)31(34)30-11-7-9-22-8-5-6-10-29(22)30/h5-17,19,25H,18,20-21H2,1-4H3. The van der Waals surface area contributed by atoms with E-state index in [0.29, 0.717) is 25.1 Å². The lowest BCUT2D eigenvalue weighted by atomic mass is 9.92. The van der Waals surface area contributed by atoms with Gasteiger partial charge in [0.1, 0.15) is 29.5 Å². The quantitative estimate of drug-likeness (QED) is 0.300. The Bertz CT molecular complexity index is 1400. The van der Waals surface area contributed by atoms with Crippen molar-refractivity contribution in [3.05, 3.63) is 102 Å². The van der Waals surface area contributed by atoms with Crippen molar-refractivity contribution in [3.8, 4) is 17.2 Å². The molecule has 0 N–H and O–H groups in total. The Hall–Kier alpha value is -3.99. The SMILES string of the molecule is COc1ccc2c(c1)CC(COc1ccc(OC(C)(C)C)cc1)N(C(=O)c1cccc3ccccc13)C2. The molecule has 5 heteroatoms. The van der Waals surface area contributed by atoms with Gasteiger partial charge in [-0.05, 0) is 91.6 Å². The first-order valence-electron chi connectivity index (χ1n) is 12.7. The average molecular weight is 496 g/mol. The van der Waals surface area contributed by atoms with Gasteiger partial charge in [0, 0.05) is 12.1 Å². The molecule has 1 amide bonds. The van der Waals surface area contributed by atoms with Crippen LogP contribution in [-0.4, -0.2) is 36.2 Å². The van der Waals surface area contributed by atoms with Gasteiger partial charge in [-0.2, -0.15) is 0 Å². The van der Waals surface area contributed by atoms with E-state index in [0.717, 1.165) is 33.6 Å². The monoisotopic (exact) mass is 495 g/mol. The molecule has 190 valence electrons. The zero-order valence-corrected chi connectivity index (χ0v) is 21.9. The predicted molar refractivity (Wildman–Crippen MR) is 147 cm³/mol. The summed E-state index contributed by atoms with van der Waals surface area (Å²) in [5, 5.41) is 2.02. The minimum Gasteiger partial charge on any atom is -0.497 e. The second-order valence-corrected chi connectivity index (χ2v) is 10.4. The first-order chi connectivity index (χ1) is 17.8. The Morgan fingerprint density at radius 3 is 2.32 bits per heavy atom.